The van der Waals surface area contributed by atoms with Crippen molar-refractivity contribution < 1.29 is 19.8 Å². The Morgan fingerprint density at radius 1 is 1.32 bits per heavy atom. The maximum atomic E-state index is 12.1. The molecular formula is C21H34O4. The van der Waals surface area contributed by atoms with Crippen LogP contribution in [0.5, 0.6) is 0 Å². The maximum absolute atomic E-state index is 12.1. The fraction of sp³-hybridized carbons (Fsp3) is 0.714. The summed E-state index contributed by atoms with van der Waals surface area (Å²) in [6, 6.07) is 0. The molecule has 0 aliphatic heterocycles. The lowest BCUT2D eigenvalue weighted by Crippen LogP contribution is -2.16. The van der Waals surface area contributed by atoms with Crippen molar-refractivity contribution in [2.45, 2.75) is 77.7 Å². The Labute approximate surface area is 152 Å². The average molecular weight is 350 g/mol. The van der Waals surface area contributed by atoms with Crippen LogP contribution in [0.2, 0.25) is 0 Å². The Morgan fingerprint density at radius 2 is 2.08 bits per heavy atom. The largest absolute Gasteiger partial charge is 0.481 e. The van der Waals surface area contributed by atoms with Gasteiger partial charge in [-0.25, -0.2) is 0 Å². The highest BCUT2D eigenvalue weighted by Crippen LogP contribution is 2.33. The van der Waals surface area contributed by atoms with Crippen LogP contribution in [0.4, 0.5) is 0 Å². The molecule has 1 saturated carbocycles. The SMILES string of the molecule is CCCCC(C)C(O)C=C[C@@H]1CCC(=O)[C@H]1C/C=C\CCCC(=O)O. The van der Waals surface area contributed by atoms with Crippen LogP contribution >= 0.6 is 0 Å². The van der Waals surface area contributed by atoms with E-state index in [1.807, 2.05) is 24.3 Å². The summed E-state index contributed by atoms with van der Waals surface area (Å²) in [5.74, 6) is 0.00449. The summed E-state index contributed by atoms with van der Waals surface area (Å²) < 4.78 is 0. The molecule has 0 aromatic carbocycles. The van der Waals surface area contributed by atoms with Crippen molar-refractivity contribution in [3.05, 3.63) is 24.3 Å². The van der Waals surface area contributed by atoms with Gasteiger partial charge in [-0.1, -0.05) is 51.0 Å². The Bertz CT molecular complexity index is 467. The van der Waals surface area contributed by atoms with E-state index in [9.17, 15) is 14.7 Å². The van der Waals surface area contributed by atoms with Gasteiger partial charge in [-0.05, 0) is 43.9 Å². The number of aliphatic hydroxyl groups excluding tert-OH is 1. The minimum Gasteiger partial charge on any atom is -0.481 e. The number of aliphatic carboxylic acids is 1. The summed E-state index contributed by atoms with van der Waals surface area (Å²) in [5.41, 5.74) is 0. The quantitative estimate of drug-likeness (QED) is 0.401. The first-order valence-corrected chi connectivity index (χ1v) is 9.71. The number of carbonyl (C=O) groups is 2. The molecule has 25 heavy (non-hydrogen) atoms. The normalized spacial score (nSPS) is 23.6. The molecule has 1 aliphatic carbocycles. The van der Waals surface area contributed by atoms with E-state index in [1.165, 1.54) is 0 Å². The lowest BCUT2D eigenvalue weighted by Gasteiger charge is -2.17. The minimum absolute atomic E-state index is 0.00474. The summed E-state index contributed by atoms with van der Waals surface area (Å²) in [4.78, 5) is 22.6. The van der Waals surface area contributed by atoms with Crippen LogP contribution in [0, 0.1) is 17.8 Å². The van der Waals surface area contributed by atoms with Crippen molar-refractivity contribution in [1.29, 1.82) is 0 Å². The Hall–Kier alpha value is -1.42. The van der Waals surface area contributed by atoms with Gasteiger partial charge in [-0.2, -0.15) is 0 Å². The van der Waals surface area contributed by atoms with Crippen molar-refractivity contribution in [3.63, 3.8) is 0 Å². The number of carboxylic acid groups (broad SMARTS) is 1. The fourth-order valence-corrected chi connectivity index (χ4v) is 3.35. The number of hydrogen-bond acceptors (Lipinski definition) is 3. The summed E-state index contributed by atoms with van der Waals surface area (Å²) in [6.45, 7) is 4.22. The molecule has 0 radical (unpaired) electrons. The molecule has 0 aromatic rings. The number of allylic oxidation sites excluding steroid dienone is 3. The van der Waals surface area contributed by atoms with Crippen molar-refractivity contribution in [2.24, 2.45) is 17.8 Å². The lowest BCUT2D eigenvalue weighted by molar-refractivity contribution is -0.137. The van der Waals surface area contributed by atoms with Gasteiger partial charge in [-0.15, -0.1) is 0 Å². The molecule has 1 rings (SSSR count). The van der Waals surface area contributed by atoms with Crippen LogP contribution in [0.25, 0.3) is 0 Å². The molecule has 0 heterocycles. The molecule has 2 N–H and O–H groups in total. The predicted molar refractivity (Wildman–Crippen MR) is 100 cm³/mol. The molecule has 1 aliphatic rings. The van der Waals surface area contributed by atoms with Crippen LogP contribution in [-0.4, -0.2) is 28.1 Å². The standard InChI is InChI=1S/C21H34O4/c1-3-4-9-16(2)19(22)14-12-17-13-15-20(23)18(17)10-7-5-6-8-11-21(24)25/h5,7,12,14,16-19,22H,3-4,6,8-11,13,15H2,1-2H3,(H,24,25)/b7-5-,14-12?/t16?,17-,18+,19?/m1/s1. The third-order valence-corrected chi connectivity index (χ3v) is 5.12. The molecule has 0 aromatic heterocycles. The van der Waals surface area contributed by atoms with Crippen molar-refractivity contribution in [3.8, 4) is 0 Å². The summed E-state index contributed by atoms with van der Waals surface area (Å²) in [7, 11) is 0. The third kappa shape index (κ3) is 8.48. The zero-order chi connectivity index (χ0) is 18.7. The number of rotatable bonds is 12. The Balaban J connectivity index is 2.44. The van der Waals surface area contributed by atoms with Crippen LogP contribution in [0.15, 0.2) is 24.3 Å². The second-order valence-electron chi connectivity index (χ2n) is 7.26. The lowest BCUT2D eigenvalue weighted by atomic mass is 9.90. The number of aliphatic hydroxyl groups is 1. The van der Waals surface area contributed by atoms with E-state index >= 15 is 0 Å². The van der Waals surface area contributed by atoms with E-state index in [1.54, 1.807) is 0 Å². The smallest absolute Gasteiger partial charge is 0.303 e. The Kier molecular flexibility index (Phi) is 10.4. The fourth-order valence-electron chi connectivity index (χ4n) is 3.35. The third-order valence-electron chi connectivity index (χ3n) is 5.12. The van der Waals surface area contributed by atoms with E-state index in [-0.39, 0.29) is 24.2 Å². The van der Waals surface area contributed by atoms with Crippen LogP contribution in [0.1, 0.15) is 71.6 Å². The van der Waals surface area contributed by atoms with Crippen LogP contribution < -0.4 is 0 Å². The number of unbranched alkanes of at least 4 members (excludes halogenated alkanes) is 2. The Morgan fingerprint density at radius 3 is 2.76 bits per heavy atom. The number of carboxylic acids is 1. The van der Waals surface area contributed by atoms with Gasteiger partial charge in [0.2, 0.25) is 0 Å². The molecule has 0 saturated heterocycles. The van der Waals surface area contributed by atoms with Gasteiger partial charge in [0.25, 0.3) is 0 Å². The summed E-state index contributed by atoms with van der Waals surface area (Å²) >= 11 is 0. The van der Waals surface area contributed by atoms with E-state index in [2.05, 4.69) is 13.8 Å². The van der Waals surface area contributed by atoms with Crippen LogP contribution in [0.3, 0.4) is 0 Å². The number of carbonyl (C=O) groups excluding carboxylic acids is 1. The highest BCUT2D eigenvalue weighted by molar-refractivity contribution is 5.83. The first kappa shape index (κ1) is 21.6. The highest BCUT2D eigenvalue weighted by Gasteiger charge is 2.32. The van der Waals surface area contributed by atoms with Crippen LogP contribution in [-0.2, 0) is 9.59 Å². The van der Waals surface area contributed by atoms with E-state index in [4.69, 9.17) is 5.11 Å². The summed E-state index contributed by atoms with van der Waals surface area (Å²) in [6.07, 6.45) is 14.5. The zero-order valence-corrected chi connectivity index (χ0v) is 15.7. The van der Waals surface area contributed by atoms with Gasteiger partial charge in [0.15, 0.2) is 0 Å². The molecule has 2 unspecified atom stereocenters. The zero-order valence-electron chi connectivity index (χ0n) is 15.7. The van der Waals surface area contributed by atoms with Crippen molar-refractivity contribution >= 4 is 11.8 Å². The molecule has 142 valence electrons. The van der Waals surface area contributed by atoms with E-state index in [0.717, 1.165) is 32.1 Å². The molecule has 4 atom stereocenters. The van der Waals surface area contributed by atoms with Gasteiger partial charge in [0.1, 0.15) is 5.78 Å². The monoisotopic (exact) mass is 350 g/mol. The molecule has 0 amide bonds. The van der Waals surface area contributed by atoms with Gasteiger partial charge < -0.3 is 10.2 Å². The molecular weight excluding hydrogens is 316 g/mol. The van der Waals surface area contributed by atoms with Gasteiger partial charge in [0, 0.05) is 18.8 Å². The maximum Gasteiger partial charge on any atom is 0.303 e. The number of Topliss-reactive ketones (excluding diaryl/α,β-unsaturated/α-hetero) is 1. The molecule has 0 bridgehead atoms. The highest BCUT2D eigenvalue weighted by atomic mass is 16.4. The number of ketones is 1. The van der Waals surface area contributed by atoms with Crippen molar-refractivity contribution in [1.82, 2.24) is 0 Å². The van der Waals surface area contributed by atoms with Gasteiger partial charge >= 0.3 is 5.97 Å². The van der Waals surface area contributed by atoms with Gasteiger partial charge in [0.05, 0.1) is 6.10 Å². The number of hydrogen-bond donors (Lipinski definition) is 2. The first-order valence-electron chi connectivity index (χ1n) is 9.71. The topological polar surface area (TPSA) is 74.6 Å². The predicted octanol–water partition coefficient (Wildman–Crippen LogP) is 4.53. The van der Waals surface area contributed by atoms with Gasteiger partial charge in [-0.3, -0.25) is 9.59 Å². The average Bonchev–Trinajstić information content (AvgIpc) is 2.93. The summed E-state index contributed by atoms with van der Waals surface area (Å²) in [5, 5.41) is 18.8. The second kappa shape index (κ2) is 12.0. The molecule has 0 spiro atoms. The van der Waals surface area contributed by atoms with Crippen molar-refractivity contribution in [2.75, 3.05) is 0 Å². The minimum atomic E-state index is -0.767. The van der Waals surface area contributed by atoms with E-state index in [0.29, 0.717) is 25.0 Å². The molecule has 4 nitrogen and oxygen atoms in total. The molecule has 1 fully saturated rings. The van der Waals surface area contributed by atoms with E-state index < -0.39 is 12.1 Å². The second-order valence-corrected chi connectivity index (χ2v) is 7.26. The molecule has 4 heteroatoms. The first-order chi connectivity index (χ1) is 12.0.